The van der Waals surface area contributed by atoms with Crippen LogP contribution in [0, 0.1) is 0 Å². The van der Waals surface area contributed by atoms with Gasteiger partial charge in [0, 0.05) is 11.3 Å². The van der Waals surface area contributed by atoms with Crippen molar-refractivity contribution in [3.05, 3.63) is 59.7 Å². The molecule has 2 N–H and O–H groups in total. The minimum Gasteiger partial charge on any atom is -0.497 e. The highest BCUT2D eigenvalue weighted by molar-refractivity contribution is 5.92. The minimum absolute atomic E-state index is 0.0310. The first kappa shape index (κ1) is 18.0. The van der Waals surface area contributed by atoms with E-state index in [1.165, 1.54) is 0 Å². The quantitative estimate of drug-likeness (QED) is 0.820. The van der Waals surface area contributed by atoms with Gasteiger partial charge in [0.1, 0.15) is 12.3 Å². The molecule has 0 aromatic heterocycles. The molecular formula is C20H27N2O2+. The maximum Gasteiger partial charge on any atom is 0.279 e. The van der Waals surface area contributed by atoms with E-state index in [4.69, 9.17) is 4.74 Å². The Morgan fingerprint density at radius 1 is 1.17 bits per heavy atom. The fraction of sp³-hybridized carbons (Fsp3) is 0.350. The molecule has 0 spiro atoms. The van der Waals surface area contributed by atoms with E-state index in [-0.39, 0.29) is 5.91 Å². The van der Waals surface area contributed by atoms with Crippen LogP contribution in [0.1, 0.15) is 30.9 Å². The number of nitrogens with one attached hydrogen (secondary N) is 2. The smallest absolute Gasteiger partial charge is 0.279 e. The Kier molecular flexibility index (Phi) is 6.38. The molecule has 0 saturated heterocycles. The lowest BCUT2D eigenvalue weighted by molar-refractivity contribution is -0.885. The zero-order valence-corrected chi connectivity index (χ0v) is 14.9. The average molecular weight is 327 g/mol. The van der Waals surface area contributed by atoms with Crippen molar-refractivity contribution in [3.63, 3.8) is 0 Å². The van der Waals surface area contributed by atoms with E-state index in [1.807, 2.05) is 43.4 Å². The third kappa shape index (κ3) is 5.10. The number of amides is 1. The number of quaternary nitrogens is 1. The molecular weight excluding hydrogens is 300 g/mol. The molecule has 2 aromatic carbocycles. The van der Waals surface area contributed by atoms with Gasteiger partial charge >= 0.3 is 0 Å². The number of likely N-dealkylation sites (N-methyl/N-ethyl adjacent to an activating group) is 1. The second-order valence-electron chi connectivity index (χ2n) is 6.45. The Bertz CT molecular complexity index is 683. The molecule has 0 saturated carbocycles. The highest BCUT2D eigenvalue weighted by Gasteiger charge is 2.13. The number of ether oxygens (including phenoxy) is 1. The van der Waals surface area contributed by atoms with Crippen LogP contribution in [0.5, 0.6) is 5.75 Å². The van der Waals surface area contributed by atoms with Gasteiger partial charge in [0.25, 0.3) is 5.91 Å². The molecule has 128 valence electrons. The molecule has 4 heteroatoms. The number of para-hydroxylation sites is 1. The molecule has 0 heterocycles. The van der Waals surface area contributed by atoms with Gasteiger partial charge in [0.05, 0.1) is 14.2 Å². The number of rotatable bonds is 7. The first-order valence-electron chi connectivity index (χ1n) is 8.32. The van der Waals surface area contributed by atoms with Crippen LogP contribution >= 0.6 is 0 Å². The molecule has 24 heavy (non-hydrogen) atoms. The number of hydrogen-bond acceptors (Lipinski definition) is 2. The van der Waals surface area contributed by atoms with Crippen LogP contribution in [0.3, 0.4) is 0 Å². The zero-order chi connectivity index (χ0) is 17.5. The summed E-state index contributed by atoms with van der Waals surface area (Å²) in [5.74, 6) is 1.25. The zero-order valence-electron chi connectivity index (χ0n) is 14.9. The highest BCUT2D eigenvalue weighted by atomic mass is 16.5. The molecule has 0 aliphatic rings. The molecule has 1 unspecified atom stereocenters. The molecule has 1 amide bonds. The standard InChI is InChI=1S/C20H26N2O2/c1-15(2)18-10-5-6-11-19(18)21-20(23)14-22(3)13-16-8-7-9-17(12-16)24-4/h5-12,15H,13-14H2,1-4H3,(H,21,23)/p+1. The van der Waals surface area contributed by atoms with Gasteiger partial charge in [-0.15, -0.1) is 0 Å². The van der Waals surface area contributed by atoms with Crippen LogP contribution in [0.2, 0.25) is 0 Å². The van der Waals surface area contributed by atoms with E-state index in [0.29, 0.717) is 12.5 Å². The lowest BCUT2D eigenvalue weighted by Crippen LogP contribution is -3.08. The summed E-state index contributed by atoms with van der Waals surface area (Å²) < 4.78 is 5.24. The topological polar surface area (TPSA) is 42.8 Å². The van der Waals surface area contributed by atoms with Gasteiger partial charge in [-0.25, -0.2) is 0 Å². The summed E-state index contributed by atoms with van der Waals surface area (Å²) in [5, 5.41) is 3.05. The lowest BCUT2D eigenvalue weighted by atomic mass is 10.0. The predicted molar refractivity (Wildman–Crippen MR) is 97.6 cm³/mol. The number of anilines is 1. The lowest BCUT2D eigenvalue weighted by Gasteiger charge is -2.16. The van der Waals surface area contributed by atoms with Crippen molar-refractivity contribution in [3.8, 4) is 5.75 Å². The first-order valence-corrected chi connectivity index (χ1v) is 8.32. The molecule has 2 rings (SSSR count). The highest BCUT2D eigenvalue weighted by Crippen LogP contribution is 2.23. The van der Waals surface area contributed by atoms with Gasteiger partial charge < -0.3 is 15.0 Å². The van der Waals surface area contributed by atoms with E-state index in [2.05, 4.69) is 31.3 Å². The fourth-order valence-electron chi connectivity index (χ4n) is 2.78. The molecule has 2 aromatic rings. The summed E-state index contributed by atoms with van der Waals surface area (Å²) in [6.45, 7) is 5.45. The van der Waals surface area contributed by atoms with Crippen molar-refractivity contribution in [1.29, 1.82) is 0 Å². The Morgan fingerprint density at radius 2 is 1.92 bits per heavy atom. The Hall–Kier alpha value is -2.33. The third-order valence-electron chi connectivity index (χ3n) is 3.96. The van der Waals surface area contributed by atoms with Crippen LogP contribution in [0.4, 0.5) is 5.69 Å². The Morgan fingerprint density at radius 3 is 2.62 bits per heavy atom. The van der Waals surface area contributed by atoms with Crippen molar-refractivity contribution >= 4 is 11.6 Å². The summed E-state index contributed by atoms with van der Waals surface area (Å²) in [6.07, 6.45) is 0. The molecule has 0 bridgehead atoms. The summed E-state index contributed by atoms with van der Waals surface area (Å²) in [6, 6.07) is 15.9. The minimum atomic E-state index is 0.0310. The molecule has 1 atom stereocenters. The van der Waals surface area contributed by atoms with Crippen molar-refractivity contribution in [2.24, 2.45) is 0 Å². The predicted octanol–water partition coefficient (Wildman–Crippen LogP) is 2.47. The number of carbonyl (C=O) groups excluding carboxylic acids is 1. The van der Waals surface area contributed by atoms with E-state index in [9.17, 15) is 4.79 Å². The number of benzene rings is 2. The van der Waals surface area contributed by atoms with Crippen LogP contribution in [-0.4, -0.2) is 26.6 Å². The number of hydrogen-bond donors (Lipinski definition) is 2. The molecule has 0 aliphatic heterocycles. The summed E-state index contributed by atoms with van der Waals surface area (Å²) in [7, 11) is 3.68. The van der Waals surface area contributed by atoms with Gasteiger partial charge in [-0.2, -0.15) is 0 Å². The van der Waals surface area contributed by atoms with E-state index in [1.54, 1.807) is 7.11 Å². The van der Waals surface area contributed by atoms with Gasteiger partial charge in [-0.1, -0.05) is 44.2 Å². The second kappa shape index (κ2) is 8.50. The molecule has 4 nitrogen and oxygen atoms in total. The average Bonchev–Trinajstić information content (AvgIpc) is 2.55. The van der Waals surface area contributed by atoms with E-state index in [0.717, 1.165) is 34.0 Å². The Labute approximate surface area is 144 Å². The molecule has 0 fully saturated rings. The van der Waals surface area contributed by atoms with E-state index >= 15 is 0 Å². The first-order chi connectivity index (χ1) is 11.5. The van der Waals surface area contributed by atoms with Crippen molar-refractivity contribution in [2.75, 3.05) is 26.0 Å². The van der Waals surface area contributed by atoms with Crippen molar-refractivity contribution in [2.45, 2.75) is 26.3 Å². The SMILES string of the molecule is COc1cccc(C[NH+](C)CC(=O)Nc2ccccc2C(C)C)c1. The second-order valence-corrected chi connectivity index (χ2v) is 6.45. The Balaban J connectivity index is 1.94. The number of carbonyl (C=O) groups is 1. The maximum absolute atomic E-state index is 12.4. The monoisotopic (exact) mass is 327 g/mol. The van der Waals surface area contributed by atoms with Crippen molar-refractivity contribution < 1.29 is 14.4 Å². The third-order valence-corrected chi connectivity index (χ3v) is 3.96. The summed E-state index contributed by atoms with van der Waals surface area (Å²) in [4.78, 5) is 13.5. The van der Waals surface area contributed by atoms with Gasteiger partial charge in [0.2, 0.25) is 0 Å². The number of methoxy groups -OCH3 is 1. The van der Waals surface area contributed by atoms with Gasteiger partial charge in [-0.05, 0) is 29.7 Å². The van der Waals surface area contributed by atoms with E-state index < -0.39 is 0 Å². The van der Waals surface area contributed by atoms with Crippen molar-refractivity contribution in [1.82, 2.24) is 0 Å². The van der Waals surface area contributed by atoms with Crippen LogP contribution in [0.15, 0.2) is 48.5 Å². The summed E-state index contributed by atoms with van der Waals surface area (Å²) >= 11 is 0. The fourth-order valence-corrected chi connectivity index (χ4v) is 2.78. The van der Waals surface area contributed by atoms with Crippen LogP contribution in [0.25, 0.3) is 0 Å². The molecule has 0 radical (unpaired) electrons. The van der Waals surface area contributed by atoms with Crippen LogP contribution in [-0.2, 0) is 11.3 Å². The summed E-state index contributed by atoms with van der Waals surface area (Å²) in [5.41, 5.74) is 3.23. The largest absolute Gasteiger partial charge is 0.497 e. The maximum atomic E-state index is 12.4. The normalized spacial score (nSPS) is 12.0. The molecule has 0 aliphatic carbocycles. The van der Waals surface area contributed by atoms with Gasteiger partial charge in [-0.3, -0.25) is 4.79 Å². The van der Waals surface area contributed by atoms with Gasteiger partial charge in [0.15, 0.2) is 6.54 Å². The van der Waals surface area contributed by atoms with Crippen LogP contribution < -0.4 is 15.0 Å².